The minimum atomic E-state index is -0.451. The van der Waals surface area contributed by atoms with E-state index in [-0.39, 0.29) is 0 Å². The van der Waals surface area contributed by atoms with E-state index in [1.165, 1.54) is 14.2 Å². The first-order chi connectivity index (χ1) is 8.19. The van der Waals surface area contributed by atoms with Crippen molar-refractivity contribution in [3.8, 4) is 5.75 Å². The van der Waals surface area contributed by atoms with Crippen LogP contribution < -0.4 is 4.74 Å². The third kappa shape index (κ3) is 1.87. The molecular weight excluding hydrogens is 222 g/mol. The number of methoxy groups -OCH3 is 2. The van der Waals surface area contributed by atoms with Crippen LogP contribution in [0.3, 0.4) is 0 Å². The Morgan fingerprint density at radius 2 is 2.06 bits per heavy atom. The number of carbonyl (C=O) groups excluding carboxylic acids is 2. The Kier molecular flexibility index (Phi) is 2.82. The number of ether oxygens (including phenoxy) is 2. The molecule has 0 unspecified atom stereocenters. The van der Waals surface area contributed by atoms with Gasteiger partial charge in [-0.2, -0.15) is 0 Å². The molecule has 5 heteroatoms. The van der Waals surface area contributed by atoms with Gasteiger partial charge in [0, 0.05) is 17.0 Å². The van der Waals surface area contributed by atoms with Crippen LogP contribution in [0.2, 0.25) is 0 Å². The molecule has 1 N–H and O–H groups in total. The lowest BCUT2D eigenvalue weighted by molar-refractivity contribution is 0.0595. The van der Waals surface area contributed by atoms with E-state index in [4.69, 9.17) is 4.74 Å². The standard InChI is InChI=1S/C12H11NO4/c1-16-11-5-9-7(3-8(11)6-14)4-10(13-9)12(15)17-2/h3-6,13H,1-2H3. The summed E-state index contributed by atoms with van der Waals surface area (Å²) in [5, 5.41) is 0.758. The van der Waals surface area contributed by atoms with Crippen LogP contribution >= 0.6 is 0 Å². The molecule has 0 aliphatic heterocycles. The van der Waals surface area contributed by atoms with Gasteiger partial charge in [0.1, 0.15) is 11.4 Å². The lowest BCUT2D eigenvalue weighted by Crippen LogP contribution is -2.00. The normalized spacial score (nSPS) is 10.2. The van der Waals surface area contributed by atoms with Crippen molar-refractivity contribution in [2.24, 2.45) is 0 Å². The van der Waals surface area contributed by atoms with Crippen LogP contribution in [-0.2, 0) is 4.74 Å². The molecule has 0 spiro atoms. The van der Waals surface area contributed by atoms with Gasteiger partial charge in [-0.1, -0.05) is 0 Å². The highest BCUT2D eigenvalue weighted by Gasteiger charge is 2.12. The van der Waals surface area contributed by atoms with Gasteiger partial charge in [-0.05, 0) is 12.1 Å². The Hall–Kier alpha value is -2.30. The summed E-state index contributed by atoms with van der Waals surface area (Å²) in [5.41, 5.74) is 1.50. The quantitative estimate of drug-likeness (QED) is 0.648. The molecule has 0 fully saturated rings. The van der Waals surface area contributed by atoms with E-state index in [0.29, 0.717) is 28.8 Å². The predicted octanol–water partition coefficient (Wildman–Crippen LogP) is 1.78. The van der Waals surface area contributed by atoms with Crippen molar-refractivity contribution in [1.29, 1.82) is 0 Å². The van der Waals surface area contributed by atoms with E-state index in [0.717, 1.165) is 5.39 Å². The smallest absolute Gasteiger partial charge is 0.354 e. The number of hydrogen-bond donors (Lipinski definition) is 1. The molecule has 0 amide bonds. The molecule has 0 bridgehead atoms. The maximum absolute atomic E-state index is 11.3. The second-order valence-corrected chi connectivity index (χ2v) is 3.47. The number of benzene rings is 1. The third-order valence-corrected chi connectivity index (χ3v) is 2.50. The summed E-state index contributed by atoms with van der Waals surface area (Å²) in [7, 11) is 2.80. The molecule has 5 nitrogen and oxygen atoms in total. The van der Waals surface area contributed by atoms with Crippen LogP contribution in [0.5, 0.6) is 5.75 Å². The number of fused-ring (bicyclic) bond motifs is 1. The van der Waals surface area contributed by atoms with Gasteiger partial charge in [-0.25, -0.2) is 4.79 Å². The predicted molar refractivity (Wildman–Crippen MR) is 61.6 cm³/mol. The lowest BCUT2D eigenvalue weighted by atomic mass is 10.1. The van der Waals surface area contributed by atoms with E-state index in [1.54, 1.807) is 18.2 Å². The van der Waals surface area contributed by atoms with Crippen LogP contribution in [0.4, 0.5) is 0 Å². The van der Waals surface area contributed by atoms with Crippen LogP contribution in [0.1, 0.15) is 20.8 Å². The zero-order valence-electron chi connectivity index (χ0n) is 9.44. The highest BCUT2D eigenvalue weighted by Crippen LogP contribution is 2.25. The summed E-state index contributed by atoms with van der Waals surface area (Å²) in [4.78, 5) is 25.1. The Morgan fingerprint density at radius 1 is 1.29 bits per heavy atom. The monoisotopic (exact) mass is 233 g/mol. The number of aldehydes is 1. The molecule has 17 heavy (non-hydrogen) atoms. The van der Waals surface area contributed by atoms with Gasteiger partial charge in [-0.3, -0.25) is 4.79 Å². The molecule has 0 saturated heterocycles. The van der Waals surface area contributed by atoms with Gasteiger partial charge in [0.15, 0.2) is 6.29 Å². The SMILES string of the molecule is COC(=O)c1cc2cc(C=O)c(OC)cc2[nH]1. The largest absolute Gasteiger partial charge is 0.496 e. The Balaban J connectivity index is 2.61. The molecule has 1 aromatic carbocycles. The lowest BCUT2D eigenvalue weighted by Gasteiger charge is -2.02. The second kappa shape index (κ2) is 4.29. The van der Waals surface area contributed by atoms with Crippen LogP contribution in [0.25, 0.3) is 10.9 Å². The maximum Gasteiger partial charge on any atom is 0.354 e. The van der Waals surface area contributed by atoms with Gasteiger partial charge in [0.2, 0.25) is 0 Å². The van der Waals surface area contributed by atoms with Gasteiger partial charge >= 0.3 is 5.97 Å². The third-order valence-electron chi connectivity index (χ3n) is 2.50. The maximum atomic E-state index is 11.3. The second-order valence-electron chi connectivity index (χ2n) is 3.47. The van der Waals surface area contributed by atoms with Crippen LogP contribution in [-0.4, -0.2) is 31.5 Å². The molecule has 0 aliphatic rings. The van der Waals surface area contributed by atoms with Crippen molar-refractivity contribution < 1.29 is 19.1 Å². The van der Waals surface area contributed by atoms with Crippen molar-refractivity contribution in [2.45, 2.75) is 0 Å². The number of rotatable bonds is 3. The highest BCUT2D eigenvalue weighted by molar-refractivity contribution is 5.97. The first kappa shape index (κ1) is 11.2. The summed E-state index contributed by atoms with van der Waals surface area (Å²) in [6, 6.07) is 4.96. The fourth-order valence-corrected chi connectivity index (χ4v) is 1.67. The van der Waals surface area contributed by atoms with Crippen LogP contribution in [0.15, 0.2) is 18.2 Å². The number of carbonyl (C=O) groups is 2. The Morgan fingerprint density at radius 3 is 2.65 bits per heavy atom. The Bertz CT molecular complexity index is 585. The van der Waals surface area contributed by atoms with Crippen molar-refractivity contribution in [2.75, 3.05) is 14.2 Å². The summed E-state index contributed by atoms with van der Waals surface area (Å²) >= 11 is 0. The minimum absolute atomic E-state index is 0.340. The molecule has 0 atom stereocenters. The fraction of sp³-hybridized carbons (Fsp3) is 0.167. The van der Waals surface area contributed by atoms with Crippen LogP contribution in [0, 0.1) is 0 Å². The number of aromatic nitrogens is 1. The molecule has 2 aromatic rings. The van der Waals surface area contributed by atoms with E-state index in [9.17, 15) is 9.59 Å². The van der Waals surface area contributed by atoms with Crippen molar-refractivity contribution >= 4 is 23.2 Å². The van der Waals surface area contributed by atoms with Gasteiger partial charge < -0.3 is 14.5 Å². The van der Waals surface area contributed by atoms with Crippen molar-refractivity contribution in [1.82, 2.24) is 4.98 Å². The van der Waals surface area contributed by atoms with E-state index in [2.05, 4.69) is 9.72 Å². The number of H-pyrrole nitrogens is 1. The van der Waals surface area contributed by atoms with E-state index >= 15 is 0 Å². The molecule has 0 saturated carbocycles. The number of hydrogen-bond acceptors (Lipinski definition) is 4. The van der Waals surface area contributed by atoms with E-state index in [1.807, 2.05) is 0 Å². The molecule has 88 valence electrons. The first-order valence-electron chi connectivity index (χ1n) is 4.94. The molecule has 0 radical (unpaired) electrons. The van der Waals surface area contributed by atoms with Crippen molar-refractivity contribution in [3.63, 3.8) is 0 Å². The number of nitrogens with one attached hydrogen (secondary N) is 1. The number of esters is 1. The molecule has 1 heterocycles. The summed E-state index contributed by atoms with van der Waals surface area (Å²) in [6.45, 7) is 0. The highest BCUT2D eigenvalue weighted by atomic mass is 16.5. The fourth-order valence-electron chi connectivity index (χ4n) is 1.67. The average Bonchev–Trinajstić information content (AvgIpc) is 2.78. The van der Waals surface area contributed by atoms with Gasteiger partial charge in [-0.15, -0.1) is 0 Å². The zero-order chi connectivity index (χ0) is 12.4. The molecular formula is C12H11NO4. The zero-order valence-corrected chi connectivity index (χ0v) is 9.44. The summed E-state index contributed by atoms with van der Waals surface area (Å²) in [6.07, 6.45) is 0.711. The summed E-state index contributed by atoms with van der Waals surface area (Å²) in [5.74, 6) is 0.0126. The number of aromatic amines is 1. The first-order valence-corrected chi connectivity index (χ1v) is 4.94. The summed E-state index contributed by atoms with van der Waals surface area (Å²) < 4.78 is 9.68. The van der Waals surface area contributed by atoms with Gasteiger partial charge in [0.25, 0.3) is 0 Å². The average molecular weight is 233 g/mol. The minimum Gasteiger partial charge on any atom is -0.496 e. The van der Waals surface area contributed by atoms with Crippen molar-refractivity contribution in [3.05, 3.63) is 29.5 Å². The topological polar surface area (TPSA) is 68.4 Å². The molecule has 2 rings (SSSR count). The Labute approximate surface area is 97.3 Å². The van der Waals surface area contributed by atoms with Gasteiger partial charge in [0.05, 0.1) is 19.8 Å². The molecule has 1 aromatic heterocycles. The van der Waals surface area contributed by atoms with E-state index < -0.39 is 5.97 Å². The molecule has 0 aliphatic carbocycles.